The van der Waals surface area contributed by atoms with Crippen molar-refractivity contribution in [1.82, 2.24) is 0 Å². The van der Waals surface area contributed by atoms with Crippen LogP contribution < -0.4 is 24.7 Å². The van der Waals surface area contributed by atoms with Crippen molar-refractivity contribution in [3.8, 4) is 29.1 Å². The number of hydrogen-bond donors (Lipinski definition) is 1. The van der Waals surface area contributed by atoms with E-state index in [9.17, 15) is 10.1 Å². The molecule has 0 bridgehead atoms. The highest BCUT2D eigenvalue weighted by atomic mass is 16.5. The topological polar surface area (TPSA) is 104 Å². The second kappa shape index (κ2) is 8.74. The second-order valence-electron chi connectivity index (χ2n) is 6.96. The summed E-state index contributed by atoms with van der Waals surface area (Å²) in [7, 11) is 3.05. The molecule has 0 amide bonds. The highest BCUT2D eigenvalue weighted by Gasteiger charge is 2.32. The smallest absolute Gasteiger partial charge is 0.347 e. The number of nitrogens with zero attached hydrogens (tertiary/aromatic N) is 1. The second-order valence-corrected chi connectivity index (χ2v) is 6.96. The Hall–Kier alpha value is -4.44. The molecule has 7 nitrogen and oxygen atoms in total. The van der Waals surface area contributed by atoms with Gasteiger partial charge in [0.05, 0.1) is 20.1 Å². The fourth-order valence-corrected chi connectivity index (χ4v) is 3.70. The number of ether oxygens (including phenoxy) is 4. The number of hydrogen-bond acceptors (Lipinski definition) is 7. The van der Waals surface area contributed by atoms with Crippen molar-refractivity contribution in [2.45, 2.75) is 5.92 Å². The largest absolute Gasteiger partial charge is 0.496 e. The number of benzene rings is 3. The van der Waals surface area contributed by atoms with E-state index in [2.05, 4.69) is 6.07 Å². The van der Waals surface area contributed by atoms with Crippen molar-refractivity contribution in [1.29, 1.82) is 5.26 Å². The maximum absolute atomic E-state index is 12.7. The van der Waals surface area contributed by atoms with Gasteiger partial charge in [0, 0.05) is 17.2 Å². The summed E-state index contributed by atoms with van der Waals surface area (Å²) in [5.41, 5.74) is 8.13. The van der Waals surface area contributed by atoms with E-state index < -0.39 is 11.9 Å². The number of carbonyl (C=O) groups is 1. The molecule has 4 rings (SSSR count). The molecule has 0 spiro atoms. The standard InChI is InChI=1S/C25H20N2O5/c1-29-20-9-5-3-7-16(20)23-17-12-11-15(13-22(17)32-24(27)19(23)14-26)31-25(28)18-8-4-6-10-21(18)30-2/h3-13,23H,27H2,1-2H3. The van der Waals surface area contributed by atoms with Crippen molar-refractivity contribution in [3.63, 3.8) is 0 Å². The number of nitrogens with two attached hydrogens (primary N) is 1. The Morgan fingerprint density at radius 3 is 2.38 bits per heavy atom. The fourth-order valence-electron chi connectivity index (χ4n) is 3.70. The Morgan fingerprint density at radius 1 is 0.969 bits per heavy atom. The third-order valence-electron chi connectivity index (χ3n) is 5.18. The molecule has 0 saturated heterocycles. The summed E-state index contributed by atoms with van der Waals surface area (Å²) >= 11 is 0. The Morgan fingerprint density at radius 2 is 1.66 bits per heavy atom. The van der Waals surface area contributed by atoms with Crippen LogP contribution in [0, 0.1) is 11.3 Å². The van der Waals surface area contributed by atoms with E-state index >= 15 is 0 Å². The van der Waals surface area contributed by atoms with E-state index in [1.165, 1.54) is 7.11 Å². The van der Waals surface area contributed by atoms with E-state index in [1.807, 2.05) is 24.3 Å². The van der Waals surface area contributed by atoms with Gasteiger partial charge in [-0.1, -0.05) is 36.4 Å². The van der Waals surface area contributed by atoms with Crippen LogP contribution in [-0.4, -0.2) is 20.2 Å². The molecule has 0 aromatic heterocycles. The lowest BCUT2D eigenvalue weighted by atomic mass is 9.83. The van der Waals surface area contributed by atoms with Crippen LogP contribution >= 0.6 is 0 Å². The molecule has 3 aromatic rings. The van der Waals surface area contributed by atoms with Gasteiger partial charge in [-0.15, -0.1) is 0 Å². The van der Waals surface area contributed by atoms with Crippen LogP contribution in [-0.2, 0) is 0 Å². The number of fused-ring (bicyclic) bond motifs is 1. The highest BCUT2D eigenvalue weighted by molar-refractivity contribution is 5.94. The molecule has 1 heterocycles. The molecule has 7 heteroatoms. The SMILES string of the molecule is COc1ccccc1C(=O)Oc1ccc2c(c1)OC(N)=C(C#N)C2c1ccccc1OC. The Kier molecular flexibility index (Phi) is 5.69. The van der Waals surface area contributed by atoms with Crippen LogP contribution in [0.3, 0.4) is 0 Å². The Balaban J connectivity index is 1.72. The van der Waals surface area contributed by atoms with Crippen molar-refractivity contribution in [2.24, 2.45) is 5.73 Å². The molecule has 32 heavy (non-hydrogen) atoms. The first kappa shape index (κ1) is 20.8. The number of nitriles is 1. The molecule has 1 atom stereocenters. The third kappa shape index (κ3) is 3.70. The number of para-hydroxylation sites is 2. The normalized spacial score (nSPS) is 14.6. The van der Waals surface area contributed by atoms with Crippen LogP contribution in [0.1, 0.15) is 27.4 Å². The number of rotatable bonds is 5. The maximum Gasteiger partial charge on any atom is 0.347 e. The van der Waals surface area contributed by atoms with Crippen molar-refractivity contribution < 1.29 is 23.7 Å². The van der Waals surface area contributed by atoms with Gasteiger partial charge in [-0.05, 0) is 24.3 Å². The van der Waals surface area contributed by atoms with Crippen molar-refractivity contribution in [2.75, 3.05) is 14.2 Å². The van der Waals surface area contributed by atoms with Gasteiger partial charge in [-0.2, -0.15) is 5.26 Å². The van der Waals surface area contributed by atoms with E-state index in [-0.39, 0.29) is 17.2 Å². The van der Waals surface area contributed by atoms with E-state index in [0.717, 1.165) is 5.56 Å². The minimum Gasteiger partial charge on any atom is -0.496 e. The van der Waals surface area contributed by atoms with Gasteiger partial charge in [0.1, 0.15) is 40.2 Å². The first-order valence-corrected chi connectivity index (χ1v) is 9.77. The minimum absolute atomic E-state index is 0.0101. The molecule has 0 radical (unpaired) electrons. The average molecular weight is 428 g/mol. The molecule has 1 unspecified atom stereocenters. The van der Waals surface area contributed by atoms with Crippen LogP contribution in [0.2, 0.25) is 0 Å². The summed E-state index contributed by atoms with van der Waals surface area (Å²) in [6.07, 6.45) is 0. The van der Waals surface area contributed by atoms with Gasteiger partial charge in [0.25, 0.3) is 0 Å². The van der Waals surface area contributed by atoms with Crippen LogP contribution in [0.5, 0.6) is 23.0 Å². The van der Waals surface area contributed by atoms with Crippen molar-refractivity contribution >= 4 is 5.97 Å². The highest BCUT2D eigenvalue weighted by Crippen LogP contribution is 2.45. The summed E-state index contributed by atoms with van der Waals surface area (Å²) in [6, 6.07) is 21.3. The van der Waals surface area contributed by atoms with E-state index in [0.29, 0.717) is 28.4 Å². The molecular formula is C25H20N2O5. The predicted octanol–water partition coefficient (Wildman–Crippen LogP) is 4.14. The monoisotopic (exact) mass is 428 g/mol. The summed E-state index contributed by atoms with van der Waals surface area (Å²) < 4.78 is 22.0. The summed E-state index contributed by atoms with van der Waals surface area (Å²) in [5, 5.41) is 9.74. The molecule has 0 fully saturated rings. The van der Waals surface area contributed by atoms with Gasteiger partial charge >= 0.3 is 5.97 Å². The van der Waals surface area contributed by atoms with Gasteiger partial charge in [-0.25, -0.2) is 4.79 Å². The zero-order chi connectivity index (χ0) is 22.7. The quantitative estimate of drug-likeness (QED) is 0.481. The van der Waals surface area contributed by atoms with Gasteiger partial charge in [-0.3, -0.25) is 0 Å². The van der Waals surface area contributed by atoms with E-state index in [1.54, 1.807) is 49.6 Å². The van der Waals surface area contributed by atoms with Crippen LogP contribution in [0.15, 0.2) is 78.2 Å². The first-order valence-electron chi connectivity index (χ1n) is 9.77. The van der Waals surface area contributed by atoms with Gasteiger partial charge < -0.3 is 24.7 Å². The molecular weight excluding hydrogens is 408 g/mol. The number of allylic oxidation sites excluding steroid dienone is 1. The maximum atomic E-state index is 12.7. The number of methoxy groups -OCH3 is 2. The van der Waals surface area contributed by atoms with Gasteiger partial charge in [0.2, 0.25) is 5.88 Å². The van der Waals surface area contributed by atoms with E-state index in [4.69, 9.17) is 24.7 Å². The zero-order valence-corrected chi connectivity index (χ0v) is 17.5. The minimum atomic E-state index is -0.569. The van der Waals surface area contributed by atoms with Crippen LogP contribution in [0.25, 0.3) is 0 Å². The molecule has 0 aliphatic carbocycles. The molecule has 1 aliphatic heterocycles. The lowest BCUT2D eigenvalue weighted by molar-refractivity contribution is 0.0731. The van der Waals surface area contributed by atoms with Crippen LogP contribution in [0.4, 0.5) is 0 Å². The molecule has 2 N–H and O–H groups in total. The van der Waals surface area contributed by atoms with Crippen molar-refractivity contribution in [3.05, 3.63) is 94.9 Å². The summed E-state index contributed by atoms with van der Waals surface area (Å²) in [4.78, 5) is 12.7. The molecule has 1 aliphatic rings. The van der Waals surface area contributed by atoms with Gasteiger partial charge in [0.15, 0.2) is 0 Å². The number of esters is 1. The molecule has 0 saturated carbocycles. The lowest BCUT2D eigenvalue weighted by Gasteiger charge is -2.27. The summed E-state index contributed by atoms with van der Waals surface area (Å²) in [5.74, 6) is 0.629. The Bertz CT molecular complexity index is 1260. The average Bonchev–Trinajstić information content (AvgIpc) is 2.83. The third-order valence-corrected chi connectivity index (χ3v) is 5.18. The summed E-state index contributed by atoms with van der Waals surface area (Å²) in [6.45, 7) is 0. The Labute approximate surface area is 185 Å². The number of carbonyl (C=O) groups excluding carboxylic acids is 1. The zero-order valence-electron chi connectivity index (χ0n) is 17.5. The first-order chi connectivity index (χ1) is 15.6. The lowest BCUT2D eigenvalue weighted by Crippen LogP contribution is -2.21. The fraction of sp³-hybridized carbons (Fsp3) is 0.120. The molecule has 3 aromatic carbocycles. The molecule has 160 valence electrons. The predicted molar refractivity (Wildman–Crippen MR) is 117 cm³/mol.